The molecule has 116 valence electrons. The average molecular weight is 298 g/mol. The van der Waals surface area contributed by atoms with E-state index in [1.807, 2.05) is 13.0 Å². The molecule has 2 aromatic carbocycles. The largest absolute Gasteiger partial charge is 0.497 e. The number of carbonyl (C=O) groups is 1. The zero-order valence-corrected chi connectivity index (χ0v) is 13.7. The number of ether oxygens (including phenoxy) is 2. The van der Waals surface area contributed by atoms with E-state index in [1.54, 1.807) is 7.11 Å². The number of fused-ring (bicyclic) bond motifs is 2. The Labute approximate surface area is 131 Å². The quantitative estimate of drug-likeness (QED) is 0.788. The normalized spacial score (nSPS) is 20.5. The van der Waals surface area contributed by atoms with Crippen molar-refractivity contribution in [3.63, 3.8) is 0 Å². The molecule has 0 aromatic heterocycles. The van der Waals surface area contributed by atoms with Gasteiger partial charge in [-0.25, -0.2) is 0 Å². The van der Waals surface area contributed by atoms with Gasteiger partial charge in [-0.3, -0.25) is 4.79 Å². The molecular formula is C19H22O3. The second kappa shape index (κ2) is 5.31. The first kappa shape index (κ1) is 14.9. The Morgan fingerprint density at radius 1 is 1.23 bits per heavy atom. The number of benzene rings is 2. The van der Waals surface area contributed by atoms with Gasteiger partial charge in [0.25, 0.3) is 0 Å². The summed E-state index contributed by atoms with van der Waals surface area (Å²) in [6, 6.07) is 8.27. The second-order valence-electron chi connectivity index (χ2n) is 6.29. The predicted molar refractivity (Wildman–Crippen MR) is 87.5 cm³/mol. The fourth-order valence-corrected chi connectivity index (χ4v) is 3.73. The van der Waals surface area contributed by atoms with Crippen LogP contribution >= 0.6 is 0 Å². The first-order valence-corrected chi connectivity index (χ1v) is 7.70. The molecule has 1 atom stereocenters. The van der Waals surface area contributed by atoms with Gasteiger partial charge in [0.15, 0.2) is 0 Å². The molecule has 0 saturated carbocycles. The standard InChI is InChI=1S/C19H22O3/c1-12-15-6-5-9-19(2,18(20)22-4)17(15)10-13-7-8-14(21-3)11-16(12)13/h7-8,10-11H,5-6,9H2,1-4H3/t19-/m1/s1. The Kier molecular flexibility index (Phi) is 3.59. The Hall–Kier alpha value is -2.03. The van der Waals surface area contributed by atoms with Crippen LogP contribution in [-0.2, 0) is 21.4 Å². The summed E-state index contributed by atoms with van der Waals surface area (Å²) in [4.78, 5) is 12.4. The monoisotopic (exact) mass is 298 g/mol. The minimum atomic E-state index is -0.540. The lowest BCUT2D eigenvalue weighted by atomic mass is 9.69. The van der Waals surface area contributed by atoms with Crippen molar-refractivity contribution >= 4 is 16.7 Å². The van der Waals surface area contributed by atoms with E-state index in [4.69, 9.17) is 9.47 Å². The van der Waals surface area contributed by atoms with Crippen molar-refractivity contribution in [2.75, 3.05) is 14.2 Å². The number of hydrogen-bond acceptors (Lipinski definition) is 3. The third kappa shape index (κ3) is 2.07. The summed E-state index contributed by atoms with van der Waals surface area (Å²) in [7, 11) is 3.16. The number of esters is 1. The molecule has 3 nitrogen and oxygen atoms in total. The maximum absolute atomic E-state index is 12.4. The number of aryl methyl sites for hydroxylation is 1. The SMILES string of the molecule is COC(=O)[C@]1(C)CCCc2c1cc1ccc(OC)cc1c2C. The molecule has 0 heterocycles. The molecule has 1 aliphatic rings. The van der Waals surface area contributed by atoms with Gasteiger partial charge in [-0.05, 0) is 78.8 Å². The van der Waals surface area contributed by atoms with Crippen LogP contribution in [0.5, 0.6) is 5.75 Å². The van der Waals surface area contributed by atoms with Crippen molar-refractivity contribution < 1.29 is 14.3 Å². The first-order valence-electron chi connectivity index (χ1n) is 7.70. The maximum atomic E-state index is 12.4. The summed E-state index contributed by atoms with van der Waals surface area (Å²) in [5, 5.41) is 2.35. The molecule has 0 unspecified atom stereocenters. The van der Waals surface area contributed by atoms with Gasteiger partial charge >= 0.3 is 5.97 Å². The number of carbonyl (C=O) groups excluding carboxylic acids is 1. The second-order valence-corrected chi connectivity index (χ2v) is 6.29. The highest BCUT2D eigenvalue weighted by atomic mass is 16.5. The summed E-state index contributed by atoms with van der Waals surface area (Å²) in [5.41, 5.74) is 3.13. The zero-order chi connectivity index (χ0) is 15.9. The molecule has 0 radical (unpaired) electrons. The van der Waals surface area contributed by atoms with Crippen LogP contribution in [0.2, 0.25) is 0 Å². The fourth-order valence-electron chi connectivity index (χ4n) is 3.73. The van der Waals surface area contributed by atoms with E-state index in [-0.39, 0.29) is 5.97 Å². The van der Waals surface area contributed by atoms with Crippen molar-refractivity contribution in [1.82, 2.24) is 0 Å². The smallest absolute Gasteiger partial charge is 0.316 e. The summed E-state index contributed by atoms with van der Waals surface area (Å²) in [5.74, 6) is 0.725. The van der Waals surface area contributed by atoms with E-state index in [2.05, 4.69) is 25.1 Å². The van der Waals surface area contributed by atoms with Gasteiger partial charge < -0.3 is 9.47 Å². The van der Waals surface area contributed by atoms with Crippen LogP contribution in [-0.4, -0.2) is 20.2 Å². The van der Waals surface area contributed by atoms with Gasteiger partial charge in [-0.2, -0.15) is 0 Å². The Morgan fingerprint density at radius 3 is 2.68 bits per heavy atom. The van der Waals surface area contributed by atoms with Gasteiger partial charge in [0.1, 0.15) is 5.75 Å². The minimum absolute atomic E-state index is 0.138. The number of hydrogen-bond donors (Lipinski definition) is 0. The van der Waals surface area contributed by atoms with Crippen LogP contribution in [0, 0.1) is 6.92 Å². The van der Waals surface area contributed by atoms with Gasteiger partial charge in [-0.15, -0.1) is 0 Å². The molecule has 0 bridgehead atoms. The third-order valence-electron chi connectivity index (χ3n) is 5.08. The van der Waals surface area contributed by atoms with Crippen LogP contribution in [0.4, 0.5) is 0 Å². The zero-order valence-electron chi connectivity index (χ0n) is 13.7. The fraction of sp³-hybridized carbons (Fsp3) is 0.421. The minimum Gasteiger partial charge on any atom is -0.497 e. The molecule has 1 aliphatic carbocycles. The molecule has 2 aromatic rings. The van der Waals surface area contributed by atoms with Crippen molar-refractivity contribution in [3.05, 3.63) is 41.0 Å². The highest BCUT2D eigenvalue weighted by molar-refractivity contribution is 5.92. The first-order chi connectivity index (χ1) is 10.5. The summed E-state index contributed by atoms with van der Waals surface area (Å²) >= 11 is 0. The van der Waals surface area contributed by atoms with Crippen molar-refractivity contribution in [1.29, 1.82) is 0 Å². The third-order valence-corrected chi connectivity index (χ3v) is 5.08. The van der Waals surface area contributed by atoms with Crippen LogP contribution < -0.4 is 4.74 Å². The van der Waals surface area contributed by atoms with Crippen molar-refractivity contribution in [2.24, 2.45) is 0 Å². The highest BCUT2D eigenvalue weighted by Gasteiger charge is 2.40. The van der Waals surface area contributed by atoms with Gasteiger partial charge in [-0.1, -0.05) is 6.07 Å². The lowest BCUT2D eigenvalue weighted by molar-refractivity contribution is -0.147. The maximum Gasteiger partial charge on any atom is 0.316 e. The predicted octanol–water partition coefficient (Wildman–Crippen LogP) is 3.92. The molecule has 3 heteroatoms. The van der Waals surface area contributed by atoms with Crippen LogP contribution in [0.3, 0.4) is 0 Å². The Morgan fingerprint density at radius 2 is 2.00 bits per heavy atom. The van der Waals surface area contributed by atoms with E-state index in [1.165, 1.54) is 23.6 Å². The van der Waals surface area contributed by atoms with Crippen molar-refractivity contribution in [3.8, 4) is 5.75 Å². The lowest BCUT2D eigenvalue weighted by Gasteiger charge is -2.34. The summed E-state index contributed by atoms with van der Waals surface area (Å²) in [6.45, 7) is 4.15. The Balaban J connectivity index is 2.28. The molecule has 0 amide bonds. The number of methoxy groups -OCH3 is 2. The topological polar surface area (TPSA) is 35.5 Å². The Bertz CT molecular complexity index is 748. The lowest BCUT2D eigenvalue weighted by Crippen LogP contribution is -2.37. The van der Waals surface area contributed by atoms with Crippen LogP contribution in [0.1, 0.15) is 36.5 Å². The molecule has 0 N–H and O–H groups in total. The molecule has 3 rings (SSSR count). The van der Waals surface area contributed by atoms with Gasteiger partial charge in [0.2, 0.25) is 0 Å². The van der Waals surface area contributed by atoms with Crippen LogP contribution in [0.15, 0.2) is 24.3 Å². The van der Waals surface area contributed by atoms with E-state index in [9.17, 15) is 4.79 Å². The highest BCUT2D eigenvalue weighted by Crippen LogP contribution is 2.42. The van der Waals surface area contributed by atoms with E-state index < -0.39 is 5.41 Å². The van der Waals surface area contributed by atoms with Crippen LogP contribution in [0.25, 0.3) is 10.8 Å². The molecule has 0 fully saturated rings. The van der Waals surface area contributed by atoms with Gasteiger partial charge in [0, 0.05) is 0 Å². The molecule has 22 heavy (non-hydrogen) atoms. The van der Waals surface area contributed by atoms with Gasteiger partial charge in [0.05, 0.1) is 19.6 Å². The summed E-state index contributed by atoms with van der Waals surface area (Å²) in [6.07, 6.45) is 2.86. The number of rotatable bonds is 2. The molecule has 0 aliphatic heterocycles. The van der Waals surface area contributed by atoms with Crippen molar-refractivity contribution in [2.45, 2.75) is 38.5 Å². The summed E-state index contributed by atoms with van der Waals surface area (Å²) < 4.78 is 10.4. The molecule has 0 saturated heterocycles. The molecular weight excluding hydrogens is 276 g/mol. The molecule has 0 spiro atoms. The van der Waals surface area contributed by atoms with E-state index >= 15 is 0 Å². The van der Waals surface area contributed by atoms with E-state index in [0.717, 1.165) is 36.0 Å². The average Bonchev–Trinajstić information content (AvgIpc) is 2.55. The van der Waals surface area contributed by atoms with E-state index in [0.29, 0.717) is 0 Å².